The van der Waals surface area contributed by atoms with Crippen LogP contribution in [-0.2, 0) is 27.1 Å². The number of hydrogen-bond acceptors (Lipinski definition) is 3. The minimum absolute atomic E-state index is 0.00130. The molecule has 1 aromatic rings. The Morgan fingerprint density at radius 3 is 1.84 bits per heavy atom. The molecule has 0 amide bonds. The fourth-order valence-corrected chi connectivity index (χ4v) is 1.43. The summed E-state index contributed by atoms with van der Waals surface area (Å²) in [6.07, 6.45) is -2.95. The van der Waals surface area contributed by atoms with Gasteiger partial charge in [-0.2, -0.15) is 13.2 Å². The Bertz CT molecular complexity index is 538. The second-order valence-electron chi connectivity index (χ2n) is 5.76. The van der Waals surface area contributed by atoms with Crippen molar-refractivity contribution in [2.24, 2.45) is 11.8 Å². The minimum Gasteiger partial charge on any atom is -0.481 e. The summed E-state index contributed by atoms with van der Waals surface area (Å²) in [6, 6.07) is 4.58. The van der Waals surface area contributed by atoms with Crippen molar-refractivity contribution in [2.75, 3.05) is 0 Å². The molecule has 25 heavy (non-hydrogen) atoms. The van der Waals surface area contributed by atoms with Crippen LogP contribution >= 0.6 is 0 Å². The van der Waals surface area contributed by atoms with Crippen molar-refractivity contribution < 1.29 is 32.6 Å². The quantitative estimate of drug-likeness (QED) is 0.730. The molecule has 0 aromatic heterocycles. The van der Waals surface area contributed by atoms with Gasteiger partial charge < -0.3 is 9.84 Å². The van der Waals surface area contributed by atoms with Crippen molar-refractivity contribution in [3.05, 3.63) is 35.4 Å². The Balaban J connectivity index is 0.000000697. The van der Waals surface area contributed by atoms with Gasteiger partial charge in [-0.15, -0.1) is 0 Å². The maximum Gasteiger partial charge on any atom is 0.416 e. The molecule has 0 saturated heterocycles. The SMILES string of the molecule is CCC(C)C(=O)O.CCC(C)C(=O)OCc1ccc(C(F)(F)F)cc1. The van der Waals surface area contributed by atoms with Crippen LogP contribution in [0.5, 0.6) is 0 Å². The van der Waals surface area contributed by atoms with Crippen LogP contribution in [0.3, 0.4) is 0 Å². The number of halogens is 3. The first-order valence-corrected chi connectivity index (χ1v) is 8.08. The molecule has 0 spiro atoms. The number of carboxylic acid groups (broad SMARTS) is 1. The maximum absolute atomic E-state index is 12.3. The number of carbonyl (C=O) groups excluding carboxylic acids is 1. The van der Waals surface area contributed by atoms with Crippen LogP contribution < -0.4 is 0 Å². The van der Waals surface area contributed by atoms with Gasteiger partial charge >= 0.3 is 18.1 Å². The molecule has 1 aromatic carbocycles. The van der Waals surface area contributed by atoms with E-state index in [4.69, 9.17) is 9.84 Å². The zero-order valence-corrected chi connectivity index (χ0v) is 14.9. The van der Waals surface area contributed by atoms with Gasteiger partial charge in [0, 0.05) is 0 Å². The minimum atomic E-state index is -4.34. The smallest absolute Gasteiger partial charge is 0.416 e. The van der Waals surface area contributed by atoms with Crippen LogP contribution in [0.15, 0.2) is 24.3 Å². The van der Waals surface area contributed by atoms with E-state index in [1.54, 1.807) is 13.8 Å². The summed E-state index contributed by atoms with van der Waals surface area (Å²) in [4.78, 5) is 21.3. The first kappa shape index (κ1) is 22.9. The van der Waals surface area contributed by atoms with Gasteiger partial charge in [0.25, 0.3) is 0 Å². The number of carboxylic acids is 1. The van der Waals surface area contributed by atoms with Crippen LogP contribution in [0.1, 0.15) is 51.7 Å². The number of hydrogen-bond donors (Lipinski definition) is 1. The lowest BCUT2D eigenvalue weighted by Crippen LogP contribution is -2.13. The Kier molecular flexibility index (Phi) is 9.86. The molecule has 0 fully saturated rings. The number of ether oxygens (including phenoxy) is 1. The summed E-state index contributed by atoms with van der Waals surface area (Å²) in [5.74, 6) is -1.42. The average Bonchev–Trinajstić information content (AvgIpc) is 2.58. The van der Waals surface area contributed by atoms with E-state index in [1.165, 1.54) is 12.1 Å². The van der Waals surface area contributed by atoms with Gasteiger partial charge in [0.1, 0.15) is 6.61 Å². The van der Waals surface area contributed by atoms with Crippen molar-refractivity contribution in [3.63, 3.8) is 0 Å². The van der Waals surface area contributed by atoms with E-state index < -0.39 is 17.7 Å². The van der Waals surface area contributed by atoms with Gasteiger partial charge in [0.15, 0.2) is 0 Å². The molecule has 2 unspecified atom stereocenters. The van der Waals surface area contributed by atoms with Crippen LogP contribution in [0, 0.1) is 11.8 Å². The lowest BCUT2D eigenvalue weighted by Gasteiger charge is -2.10. The number of aliphatic carboxylic acids is 1. The zero-order valence-electron chi connectivity index (χ0n) is 14.9. The van der Waals surface area contributed by atoms with Crippen molar-refractivity contribution >= 4 is 11.9 Å². The van der Waals surface area contributed by atoms with Crippen molar-refractivity contribution in [1.29, 1.82) is 0 Å². The van der Waals surface area contributed by atoms with Crippen molar-refractivity contribution in [1.82, 2.24) is 0 Å². The maximum atomic E-state index is 12.3. The summed E-state index contributed by atoms with van der Waals surface area (Å²) >= 11 is 0. The fraction of sp³-hybridized carbons (Fsp3) is 0.556. The third-order valence-corrected chi connectivity index (χ3v) is 3.71. The molecule has 1 rings (SSSR count). The Morgan fingerprint density at radius 1 is 1.04 bits per heavy atom. The molecule has 1 N–H and O–H groups in total. The molecule has 0 bridgehead atoms. The predicted octanol–water partition coefficient (Wildman–Crippen LogP) is 4.91. The zero-order chi connectivity index (χ0) is 19.6. The average molecular weight is 362 g/mol. The van der Waals surface area contributed by atoms with Gasteiger partial charge in [-0.3, -0.25) is 9.59 Å². The molecular formula is C18H25F3O4. The standard InChI is InChI=1S/C13H15F3O2.C5H10O2/c1-3-9(2)12(17)18-8-10-4-6-11(7-5-10)13(14,15)16;1-3-4(2)5(6)7/h4-7,9H,3,8H2,1-2H3;4H,3H2,1-2H3,(H,6,7). The summed E-state index contributed by atoms with van der Waals surface area (Å²) in [5.41, 5.74) is -0.167. The van der Waals surface area contributed by atoms with E-state index in [-0.39, 0.29) is 24.4 Å². The Hall–Kier alpha value is -2.05. The van der Waals surface area contributed by atoms with Gasteiger partial charge in [-0.05, 0) is 30.5 Å². The van der Waals surface area contributed by atoms with Crippen LogP contribution in [-0.4, -0.2) is 17.0 Å². The molecule has 4 nitrogen and oxygen atoms in total. The highest BCUT2D eigenvalue weighted by atomic mass is 19.4. The number of rotatable bonds is 6. The monoisotopic (exact) mass is 362 g/mol. The molecule has 0 aliphatic heterocycles. The number of carbonyl (C=O) groups is 2. The molecule has 0 radical (unpaired) electrons. The van der Waals surface area contributed by atoms with E-state index in [9.17, 15) is 22.8 Å². The lowest BCUT2D eigenvalue weighted by molar-refractivity contribution is -0.149. The first-order chi connectivity index (χ1) is 11.5. The molecule has 142 valence electrons. The van der Waals surface area contributed by atoms with Crippen LogP contribution in [0.4, 0.5) is 13.2 Å². The summed E-state index contributed by atoms with van der Waals surface area (Å²) in [7, 11) is 0. The summed E-state index contributed by atoms with van der Waals surface area (Å²) < 4.78 is 41.9. The van der Waals surface area contributed by atoms with Gasteiger partial charge in [-0.25, -0.2) is 0 Å². The topological polar surface area (TPSA) is 63.6 Å². The van der Waals surface area contributed by atoms with E-state index in [2.05, 4.69) is 0 Å². The highest BCUT2D eigenvalue weighted by Crippen LogP contribution is 2.29. The number of benzene rings is 1. The van der Waals surface area contributed by atoms with Crippen molar-refractivity contribution in [3.8, 4) is 0 Å². The normalized spacial score (nSPS) is 13.2. The lowest BCUT2D eigenvalue weighted by atomic mass is 10.1. The fourth-order valence-electron chi connectivity index (χ4n) is 1.43. The highest BCUT2D eigenvalue weighted by Gasteiger charge is 2.29. The van der Waals surface area contributed by atoms with Crippen LogP contribution in [0.25, 0.3) is 0 Å². The van der Waals surface area contributed by atoms with Crippen molar-refractivity contribution in [2.45, 2.75) is 53.3 Å². The van der Waals surface area contributed by atoms with Crippen LogP contribution in [0.2, 0.25) is 0 Å². The molecule has 0 heterocycles. The Morgan fingerprint density at radius 2 is 1.52 bits per heavy atom. The van der Waals surface area contributed by atoms with E-state index in [0.29, 0.717) is 12.0 Å². The number of alkyl halides is 3. The Labute approximate surface area is 146 Å². The summed E-state index contributed by atoms with van der Waals surface area (Å²) in [6.45, 7) is 7.17. The van der Waals surface area contributed by atoms with E-state index in [0.717, 1.165) is 18.6 Å². The second-order valence-corrected chi connectivity index (χ2v) is 5.76. The molecule has 0 aliphatic rings. The third kappa shape index (κ3) is 9.12. The third-order valence-electron chi connectivity index (χ3n) is 3.71. The van der Waals surface area contributed by atoms with Gasteiger partial charge in [0.2, 0.25) is 0 Å². The predicted molar refractivity (Wildman–Crippen MR) is 87.8 cm³/mol. The largest absolute Gasteiger partial charge is 0.481 e. The van der Waals surface area contributed by atoms with E-state index in [1.807, 2.05) is 13.8 Å². The molecule has 0 aliphatic carbocycles. The second kappa shape index (κ2) is 10.7. The van der Waals surface area contributed by atoms with Gasteiger partial charge in [-0.1, -0.05) is 39.8 Å². The number of esters is 1. The van der Waals surface area contributed by atoms with E-state index >= 15 is 0 Å². The first-order valence-electron chi connectivity index (χ1n) is 8.08. The molecule has 2 atom stereocenters. The summed E-state index contributed by atoms with van der Waals surface area (Å²) in [5, 5.41) is 8.18. The molecule has 0 saturated carbocycles. The molecule has 7 heteroatoms. The van der Waals surface area contributed by atoms with Gasteiger partial charge in [0.05, 0.1) is 17.4 Å². The highest BCUT2D eigenvalue weighted by molar-refractivity contribution is 5.71. The molecular weight excluding hydrogens is 337 g/mol.